The zero-order chi connectivity index (χ0) is 13.3. The van der Waals surface area contributed by atoms with Gasteiger partial charge in [0.2, 0.25) is 5.91 Å². The van der Waals surface area contributed by atoms with E-state index < -0.39 is 5.97 Å². The predicted octanol–water partition coefficient (Wildman–Crippen LogP) is -0.315. The van der Waals surface area contributed by atoms with E-state index in [4.69, 9.17) is 9.84 Å². The first-order valence-corrected chi connectivity index (χ1v) is 6.30. The number of fused-ring (bicyclic) bond motifs is 1. The lowest BCUT2D eigenvalue weighted by molar-refractivity contribution is -0.139. The van der Waals surface area contributed by atoms with Crippen molar-refractivity contribution in [3.05, 3.63) is 0 Å². The molecule has 0 unspecified atom stereocenters. The highest BCUT2D eigenvalue weighted by Gasteiger charge is 2.55. The Morgan fingerprint density at radius 3 is 2.72 bits per heavy atom. The Morgan fingerprint density at radius 1 is 1.39 bits per heavy atom. The Bertz CT molecular complexity index is 345. The number of carbonyl (C=O) groups excluding carboxylic acids is 1. The Morgan fingerprint density at radius 2 is 2.11 bits per heavy atom. The number of likely N-dealkylation sites (N-methyl/N-ethyl adjacent to an activating group) is 1. The van der Waals surface area contributed by atoms with Crippen LogP contribution in [0.3, 0.4) is 0 Å². The zero-order valence-electron chi connectivity index (χ0n) is 10.8. The third kappa shape index (κ3) is 2.49. The van der Waals surface area contributed by atoms with Crippen LogP contribution >= 0.6 is 0 Å². The normalized spacial score (nSPS) is 33.9. The lowest BCUT2D eigenvalue weighted by Crippen LogP contribution is -2.69. The van der Waals surface area contributed by atoms with Crippen molar-refractivity contribution in [3.63, 3.8) is 0 Å². The van der Waals surface area contributed by atoms with Gasteiger partial charge < -0.3 is 20.1 Å². The average molecular weight is 256 g/mol. The van der Waals surface area contributed by atoms with Gasteiger partial charge in [-0.05, 0) is 20.5 Å². The van der Waals surface area contributed by atoms with Crippen LogP contribution in [-0.4, -0.2) is 60.8 Å². The number of carboxylic acid groups (broad SMARTS) is 1. The zero-order valence-corrected chi connectivity index (χ0v) is 10.8. The Hall–Kier alpha value is -1.14. The van der Waals surface area contributed by atoms with Gasteiger partial charge in [0.15, 0.2) is 0 Å². The molecular weight excluding hydrogens is 236 g/mol. The standard InChI is InChI=1S/C12H20N2O4/c1-14(2)11-10(7-5-6-18-12(7)11)13-8(15)3-4-9(16)17/h7,10-12H,3-6H2,1-2H3,(H,13,15)(H,16,17)/t7-,10+,11-,12-/m1/s1. The Labute approximate surface area is 106 Å². The molecule has 2 fully saturated rings. The number of rotatable bonds is 5. The summed E-state index contributed by atoms with van der Waals surface area (Å²) in [7, 11) is 3.94. The summed E-state index contributed by atoms with van der Waals surface area (Å²) in [5.41, 5.74) is 0. The molecule has 18 heavy (non-hydrogen) atoms. The van der Waals surface area contributed by atoms with Crippen molar-refractivity contribution in [2.24, 2.45) is 5.92 Å². The maximum atomic E-state index is 11.7. The second-order valence-electron chi connectivity index (χ2n) is 5.23. The first kappa shape index (κ1) is 13.3. The number of carboxylic acids is 1. The molecule has 1 saturated heterocycles. The van der Waals surface area contributed by atoms with Crippen molar-refractivity contribution in [3.8, 4) is 0 Å². The fourth-order valence-corrected chi connectivity index (χ4v) is 2.96. The van der Waals surface area contributed by atoms with Crippen LogP contribution in [-0.2, 0) is 14.3 Å². The van der Waals surface area contributed by atoms with Gasteiger partial charge in [0.25, 0.3) is 0 Å². The molecule has 2 N–H and O–H groups in total. The van der Waals surface area contributed by atoms with Gasteiger partial charge in [-0.15, -0.1) is 0 Å². The number of carbonyl (C=O) groups is 2. The highest BCUT2D eigenvalue weighted by atomic mass is 16.5. The predicted molar refractivity (Wildman–Crippen MR) is 64.1 cm³/mol. The molecule has 0 aromatic heterocycles. The average Bonchev–Trinajstić information content (AvgIpc) is 2.66. The third-order valence-electron chi connectivity index (χ3n) is 3.84. The number of hydrogen-bond acceptors (Lipinski definition) is 4. The summed E-state index contributed by atoms with van der Waals surface area (Å²) >= 11 is 0. The number of nitrogens with one attached hydrogen (secondary N) is 1. The van der Waals surface area contributed by atoms with Gasteiger partial charge in [0, 0.05) is 18.9 Å². The SMILES string of the molecule is CN(C)[C@@H]1[C@@H](NC(=O)CCC(=O)O)[C@H]2CCO[C@H]21. The van der Waals surface area contributed by atoms with Crippen molar-refractivity contribution in [1.82, 2.24) is 10.2 Å². The van der Waals surface area contributed by atoms with E-state index in [1.807, 2.05) is 14.1 Å². The van der Waals surface area contributed by atoms with E-state index in [0.717, 1.165) is 13.0 Å². The molecule has 2 aliphatic rings. The van der Waals surface area contributed by atoms with Gasteiger partial charge in [-0.3, -0.25) is 9.59 Å². The van der Waals surface area contributed by atoms with E-state index in [9.17, 15) is 9.59 Å². The van der Waals surface area contributed by atoms with Crippen LogP contribution in [0.2, 0.25) is 0 Å². The lowest BCUT2D eigenvalue weighted by Gasteiger charge is -2.50. The molecule has 0 aromatic rings. The molecule has 1 amide bonds. The van der Waals surface area contributed by atoms with E-state index in [1.165, 1.54) is 0 Å². The number of aliphatic carboxylic acids is 1. The van der Waals surface area contributed by atoms with Crippen molar-refractivity contribution < 1.29 is 19.4 Å². The maximum absolute atomic E-state index is 11.7. The Kier molecular flexibility index (Phi) is 3.87. The topological polar surface area (TPSA) is 78.9 Å². The minimum absolute atomic E-state index is 0.0459. The first-order valence-electron chi connectivity index (χ1n) is 6.30. The molecule has 0 radical (unpaired) electrons. The van der Waals surface area contributed by atoms with Gasteiger partial charge in [-0.25, -0.2) is 0 Å². The molecule has 1 aliphatic carbocycles. The molecule has 6 heteroatoms. The van der Waals surface area contributed by atoms with E-state index in [0.29, 0.717) is 5.92 Å². The van der Waals surface area contributed by atoms with E-state index in [1.54, 1.807) is 0 Å². The van der Waals surface area contributed by atoms with Crippen LogP contribution in [0, 0.1) is 5.92 Å². The summed E-state index contributed by atoms with van der Waals surface area (Å²) < 4.78 is 5.65. The van der Waals surface area contributed by atoms with Crippen molar-refractivity contribution in [2.45, 2.75) is 37.5 Å². The fourth-order valence-electron chi connectivity index (χ4n) is 2.96. The van der Waals surface area contributed by atoms with Gasteiger partial charge in [-0.2, -0.15) is 0 Å². The number of hydrogen-bond donors (Lipinski definition) is 2. The number of ether oxygens (including phenoxy) is 1. The lowest BCUT2D eigenvalue weighted by atomic mass is 9.71. The minimum Gasteiger partial charge on any atom is -0.481 e. The smallest absolute Gasteiger partial charge is 0.303 e. The van der Waals surface area contributed by atoms with Crippen LogP contribution in [0.5, 0.6) is 0 Å². The second-order valence-corrected chi connectivity index (χ2v) is 5.23. The minimum atomic E-state index is -0.940. The van der Waals surface area contributed by atoms with Gasteiger partial charge in [0.1, 0.15) is 0 Å². The number of amides is 1. The molecule has 2 rings (SSSR count). The summed E-state index contributed by atoms with van der Waals surface area (Å²) in [6.45, 7) is 0.751. The highest BCUT2D eigenvalue weighted by Crippen LogP contribution is 2.41. The molecule has 1 aliphatic heterocycles. The van der Waals surface area contributed by atoms with E-state index in [2.05, 4.69) is 10.2 Å². The second kappa shape index (κ2) is 5.24. The van der Waals surface area contributed by atoms with E-state index in [-0.39, 0.29) is 36.9 Å². The van der Waals surface area contributed by atoms with Crippen LogP contribution < -0.4 is 5.32 Å². The first-order chi connectivity index (χ1) is 8.50. The summed E-state index contributed by atoms with van der Waals surface area (Å²) in [6.07, 6.45) is 1.11. The molecule has 1 heterocycles. The fraction of sp³-hybridized carbons (Fsp3) is 0.833. The van der Waals surface area contributed by atoms with Crippen LogP contribution in [0.4, 0.5) is 0 Å². The summed E-state index contributed by atoms with van der Waals surface area (Å²) in [5, 5.41) is 11.5. The summed E-state index contributed by atoms with van der Waals surface area (Å²) in [6, 6.07) is 0.292. The summed E-state index contributed by atoms with van der Waals surface area (Å²) in [5.74, 6) is -0.740. The highest BCUT2D eigenvalue weighted by molar-refractivity contribution is 5.81. The maximum Gasteiger partial charge on any atom is 0.303 e. The molecule has 102 valence electrons. The van der Waals surface area contributed by atoms with Crippen molar-refractivity contribution in [2.75, 3.05) is 20.7 Å². The molecule has 0 aromatic carbocycles. The molecule has 6 nitrogen and oxygen atoms in total. The van der Waals surface area contributed by atoms with Crippen LogP contribution in [0.1, 0.15) is 19.3 Å². The largest absolute Gasteiger partial charge is 0.481 e. The molecule has 0 spiro atoms. The molecule has 4 atom stereocenters. The Balaban J connectivity index is 1.87. The summed E-state index contributed by atoms with van der Waals surface area (Å²) in [4.78, 5) is 24.2. The molecule has 0 bridgehead atoms. The van der Waals surface area contributed by atoms with Crippen LogP contribution in [0.25, 0.3) is 0 Å². The third-order valence-corrected chi connectivity index (χ3v) is 3.84. The van der Waals surface area contributed by atoms with Crippen LogP contribution in [0.15, 0.2) is 0 Å². The van der Waals surface area contributed by atoms with Gasteiger partial charge in [0.05, 0.1) is 24.6 Å². The van der Waals surface area contributed by atoms with Crippen molar-refractivity contribution >= 4 is 11.9 Å². The number of nitrogens with zero attached hydrogens (tertiary/aromatic N) is 1. The van der Waals surface area contributed by atoms with E-state index >= 15 is 0 Å². The van der Waals surface area contributed by atoms with Gasteiger partial charge in [-0.1, -0.05) is 0 Å². The van der Waals surface area contributed by atoms with Crippen molar-refractivity contribution in [1.29, 1.82) is 0 Å². The van der Waals surface area contributed by atoms with Gasteiger partial charge >= 0.3 is 5.97 Å². The molecule has 1 saturated carbocycles. The monoisotopic (exact) mass is 256 g/mol. The quantitative estimate of drug-likeness (QED) is 0.705. The molecular formula is C12H20N2O4.